The predicted octanol–water partition coefficient (Wildman–Crippen LogP) is -1.71. The normalized spacial score (nSPS) is 14.1. The second kappa shape index (κ2) is 3.97. The van der Waals surface area contributed by atoms with Crippen molar-refractivity contribution in [1.29, 1.82) is 0 Å². The lowest BCUT2D eigenvalue weighted by molar-refractivity contribution is -1.21. The molecule has 0 fully saturated rings. The smallest absolute Gasteiger partial charge is 0.209 e. The fraction of sp³-hybridized carbons (Fsp3) is 1.00. The Morgan fingerprint density at radius 2 is 2.43 bits per heavy atom. The van der Waals surface area contributed by atoms with Gasteiger partial charge in [-0.25, -0.2) is 0 Å². The van der Waals surface area contributed by atoms with Crippen LogP contribution >= 0.6 is 0 Å². The van der Waals surface area contributed by atoms with Crippen molar-refractivity contribution < 1.29 is 20.2 Å². The predicted molar refractivity (Wildman–Crippen MR) is 19.1 cm³/mol. The Balaban J connectivity index is 2.68. The van der Waals surface area contributed by atoms with Crippen molar-refractivity contribution in [1.82, 2.24) is 0 Å². The highest BCUT2D eigenvalue weighted by Crippen LogP contribution is 1.57. The van der Waals surface area contributed by atoms with Crippen LogP contribution in [0.3, 0.4) is 0 Å². The molecule has 5 nitrogen and oxygen atoms in total. The van der Waals surface area contributed by atoms with Crippen LogP contribution in [0.25, 0.3) is 0 Å². The van der Waals surface area contributed by atoms with E-state index >= 15 is 0 Å². The van der Waals surface area contributed by atoms with E-state index in [1.54, 1.807) is 0 Å². The van der Waals surface area contributed by atoms with Gasteiger partial charge in [0.2, 0.25) is 6.79 Å². The first-order chi connectivity index (χ1) is 3.27. The molecule has 0 bridgehead atoms. The monoisotopic (exact) mass is 109 g/mol. The Bertz CT molecular complexity index is 38.7. The molecule has 0 saturated heterocycles. The molecule has 0 aromatic heterocycles. The van der Waals surface area contributed by atoms with Crippen molar-refractivity contribution in [2.75, 3.05) is 13.9 Å². The van der Waals surface area contributed by atoms with Crippen LogP contribution in [0, 0.1) is 5.21 Å². The number of hydrogen-bond donors (Lipinski definition) is 2. The van der Waals surface area contributed by atoms with Gasteiger partial charge < -0.3 is 9.94 Å². The van der Waals surface area contributed by atoms with Crippen molar-refractivity contribution in [3.8, 4) is 0 Å². The lowest BCUT2D eigenvalue weighted by Crippen LogP contribution is -3.03. The number of methoxy groups -OCH3 is 1. The van der Waals surface area contributed by atoms with Crippen LogP contribution in [0.4, 0.5) is 0 Å². The van der Waals surface area contributed by atoms with Gasteiger partial charge in [0.1, 0.15) is 0 Å². The van der Waals surface area contributed by atoms with Gasteiger partial charge in [0.25, 0.3) is 0 Å². The van der Waals surface area contributed by atoms with Gasteiger partial charge in [-0.05, 0) is 0 Å². The number of rotatable bonds is 3. The zero-order valence-corrected chi connectivity index (χ0v) is 3.88. The third-order valence-electron chi connectivity index (χ3n) is 0.300. The van der Waals surface area contributed by atoms with Crippen molar-refractivity contribution in [3.63, 3.8) is 0 Å². The Hall–Kier alpha value is -0.200. The lowest BCUT2D eigenvalue weighted by Gasteiger charge is -2.07. The van der Waals surface area contributed by atoms with Gasteiger partial charge in [0.15, 0.2) is 0 Å². The van der Waals surface area contributed by atoms with E-state index in [0.717, 1.165) is 0 Å². The quantitative estimate of drug-likeness (QED) is 0.334. The summed E-state index contributed by atoms with van der Waals surface area (Å²) >= 11 is 0. The van der Waals surface area contributed by atoms with Gasteiger partial charge >= 0.3 is 0 Å². The molecule has 0 saturated carbocycles. The summed E-state index contributed by atoms with van der Waals surface area (Å²) in [6.45, 7) is -0.199. The highest BCUT2D eigenvalue weighted by molar-refractivity contribution is 3.82. The summed E-state index contributed by atoms with van der Waals surface area (Å²) in [5.74, 6) is 0. The van der Waals surface area contributed by atoms with E-state index in [2.05, 4.69) is 9.57 Å². The molecule has 0 aliphatic heterocycles. The second-order valence-electron chi connectivity index (χ2n) is 0.817. The highest BCUT2D eigenvalue weighted by Gasteiger charge is 1.84. The van der Waals surface area contributed by atoms with Crippen LogP contribution < -0.4 is 5.39 Å². The lowest BCUT2D eigenvalue weighted by atomic mass is 11.4. The van der Waals surface area contributed by atoms with E-state index in [0.29, 0.717) is 0 Å². The summed E-state index contributed by atoms with van der Waals surface area (Å²) in [7, 11) is 1.35. The Morgan fingerprint density at radius 1 is 1.86 bits per heavy atom. The molecule has 44 valence electrons. The molecule has 1 unspecified atom stereocenters. The Morgan fingerprint density at radius 3 is 2.57 bits per heavy atom. The zero-order chi connectivity index (χ0) is 5.70. The molecular weight excluding hydrogens is 102 g/mol. The van der Waals surface area contributed by atoms with Crippen LogP contribution in [0.2, 0.25) is 0 Å². The SMILES string of the molecule is COCO[NH+]([O-])O. The molecule has 5 heteroatoms. The number of quaternary nitrogens is 1. The van der Waals surface area contributed by atoms with Crippen molar-refractivity contribution in [2.24, 2.45) is 0 Å². The van der Waals surface area contributed by atoms with Crippen molar-refractivity contribution in [2.45, 2.75) is 0 Å². The van der Waals surface area contributed by atoms with Gasteiger partial charge in [0, 0.05) is 7.11 Å². The van der Waals surface area contributed by atoms with Crippen LogP contribution in [-0.2, 0) is 9.57 Å². The molecule has 0 heterocycles. The van der Waals surface area contributed by atoms with Gasteiger partial charge in [0.05, 0.1) is 0 Å². The van der Waals surface area contributed by atoms with Crippen LogP contribution in [0.1, 0.15) is 0 Å². The molecule has 1 atom stereocenters. The molecule has 0 aromatic rings. The van der Waals surface area contributed by atoms with Crippen LogP contribution in [0.5, 0.6) is 0 Å². The largest absolute Gasteiger partial charge is 0.566 e. The average Bonchev–Trinajstić information content (AvgIpc) is 1.61. The first kappa shape index (κ1) is 6.80. The highest BCUT2D eigenvalue weighted by atomic mass is 17.1. The fourth-order valence-electron chi connectivity index (χ4n) is 0.109. The minimum atomic E-state index is -1.32. The topological polar surface area (TPSA) is 66.2 Å². The van der Waals surface area contributed by atoms with E-state index in [1.165, 1.54) is 7.11 Å². The zero-order valence-electron chi connectivity index (χ0n) is 3.88. The van der Waals surface area contributed by atoms with Crippen LogP contribution in [-0.4, -0.2) is 19.1 Å². The average molecular weight is 109 g/mol. The first-order valence-corrected chi connectivity index (χ1v) is 1.62. The molecule has 0 rings (SSSR count). The number of ether oxygens (including phenoxy) is 1. The summed E-state index contributed by atoms with van der Waals surface area (Å²) in [6, 6.07) is 0. The van der Waals surface area contributed by atoms with E-state index in [9.17, 15) is 5.21 Å². The van der Waals surface area contributed by atoms with Crippen molar-refractivity contribution in [3.05, 3.63) is 5.21 Å². The number of hydrogen-bond acceptors (Lipinski definition) is 4. The maximum Gasteiger partial charge on any atom is 0.209 e. The van der Waals surface area contributed by atoms with Crippen molar-refractivity contribution >= 4 is 0 Å². The van der Waals surface area contributed by atoms with E-state index in [4.69, 9.17) is 5.21 Å². The Kier molecular flexibility index (Phi) is 3.86. The Labute approximate surface area is 40.5 Å². The maximum absolute atomic E-state index is 9.46. The summed E-state index contributed by atoms with van der Waals surface area (Å²) < 4.78 is 4.25. The standard InChI is InChI=1S/C2H7NO4/c1-6-2-7-3(4)5/h3-4H,2H2,1H3. The minimum absolute atomic E-state index is 0.199. The van der Waals surface area contributed by atoms with E-state index < -0.39 is 5.39 Å². The van der Waals surface area contributed by atoms with Gasteiger partial charge in [-0.1, -0.05) is 5.39 Å². The van der Waals surface area contributed by atoms with E-state index in [-0.39, 0.29) is 6.79 Å². The molecule has 0 radical (unpaired) electrons. The van der Waals surface area contributed by atoms with Gasteiger partial charge in [-0.15, -0.1) is 4.84 Å². The van der Waals surface area contributed by atoms with Crippen LogP contribution in [0.15, 0.2) is 0 Å². The summed E-state index contributed by atoms with van der Waals surface area (Å²) in [5.41, 5.74) is 0. The van der Waals surface area contributed by atoms with Gasteiger partial charge in [-0.2, -0.15) is 5.21 Å². The fourth-order valence-corrected chi connectivity index (χ4v) is 0.109. The molecule has 0 aliphatic rings. The minimum Gasteiger partial charge on any atom is -0.566 e. The van der Waals surface area contributed by atoms with Gasteiger partial charge in [-0.3, -0.25) is 0 Å². The molecule has 0 aliphatic carbocycles. The number of nitrogens with one attached hydrogen (secondary N) is 1. The molecule has 7 heavy (non-hydrogen) atoms. The second-order valence-corrected chi connectivity index (χ2v) is 0.817. The summed E-state index contributed by atoms with van der Waals surface area (Å²) in [6.07, 6.45) is 0. The summed E-state index contributed by atoms with van der Waals surface area (Å²) in [4.78, 5) is 3.89. The molecule has 0 aromatic carbocycles. The molecule has 2 N–H and O–H groups in total. The first-order valence-electron chi connectivity index (χ1n) is 1.62. The third kappa shape index (κ3) is 5.80. The molecular formula is C2H7NO4. The third-order valence-corrected chi connectivity index (χ3v) is 0.300. The molecule has 0 spiro atoms. The summed E-state index contributed by atoms with van der Waals surface area (Å²) in [5, 5.41) is 15.9. The molecule has 0 amide bonds. The maximum atomic E-state index is 9.46. The van der Waals surface area contributed by atoms with E-state index in [1.807, 2.05) is 0 Å².